The molecule has 3 atom stereocenters. The maximum Gasteiger partial charge on any atom is 0.459 e. The smallest absolute Gasteiger partial charge is 0.349 e. The molecule has 4 rings (SSSR count). The number of morpholine rings is 1. The van der Waals surface area contributed by atoms with Crippen LogP contribution in [0.4, 0.5) is 17.6 Å². The van der Waals surface area contributed by atoms with Crippen LogP contribution < -0.4 is 5.69 Å². The average Bonchev–Trinajstić information content (AvgIpc) is 3.28. The Labute approximate surface area is 227 Å². The van der Waals surface area contributed by atoms with Crippen molar-refractivity contribution >= 4 is 7.75 Å². The van der Waals surface area contributed by atoms with Gasteiger partial charge in [0.1, 0.15) is 11.6 Å². The van der Waals surface area contributed by atoms with Gasteiger partial charge in [-0.25, -0.2) is 13.8 Å². The molecule has 2 aromatic carbocycles. The van der Waals surface area contributed by atoms with Gasteiger partial charge in [0.15, 0.2) is 6.29 Å². The highest BCUT2D eigenvalue weighted by atomic mass is 31.2. The molecule has 1 aromatic heterocycles. The van der Waals surface area contributed by atoms with Gasteiger partial charge in [-0.05, 0) is 49.2 Å². The second-order valence-electron chi connectivity index (χ2n) is 9.21. The lowest BCUT2D eigenvalue weighted by molar-refractivity contribution is -0.231. The van der Waals surface area contributed by atoms with Crippen molar-refractivity contribution in [2.75, 3.05) is 27.4 Å². The third kappa shape index (κ3) is 6.54. The number of aryl methyl sites for hydroxylation is 1. The van der Waals surface area contributed by atoms with E-state index in [4.69, 9.17) is 18.5 Å². The predicted molar refractivity (Wildman–Crippen MR) is 135 cm³/mol. The van der Waals surface area contributed by atoms with Crippen LogP contribution >= 0.6 is 7.75 Å². The summed E-state index contributed by atoms with van der Waals surface area (Å²) in [5.74, 6) is -0.330. The summed E-state index contributed by atoms with van der Waals surface area (Å²) in [5.41, 5.74) is -0.271. The number of nitrogens with one attached hydrogen (secondary N) is 1. The zero-order chi connectivity index (χ0) is 29.2. The lowest BCUT2D eigenvalue weighted by Crippen LogP contribution is -2.46. The Morgan fingerprint density at radius 1 is 1.18 bits per heavy atom. The van der Waals surface area contributed by atoms with E-state index in [9.17, 15) is 26.9 Å². The van der Waals surface area contributed by atoms with Crippen molar-refractivity contribution < 1.29 is 40.6 Å². The highest BCUT2D eigenvalue weighted by molar-refractivity contribution is 7.51. The highest BCUT2D eigenvalue weighted by Crippen LogP contribution is 2.45. The number of aromatic amines is 1. The van der Waals surface area contributed by atoms with E-state index in [0.29, 0.717) is 27.7 Å². The van der Waals surface area contributed by atoms with Gasteiger partial charge in [-0.3, -0.25) is 18.9 Å². The number of ether oxygens (including phenoxy) is 2. The molecule has 0 spiro atoms. The number of H-pyrrole nitrogens is 1. The van der Waals surface area contributed by atoms with E-state index in [1.807, 2.05) is 4.90 Å². The fraction of sp³-hybridized carbons (Fsp3) is 0.440. The molecule has 0 amide bonds. The Kier molecular flexibility index (Phi) is 8.98. The van der Waals surface area contributed by atoms with Crippen LogP contribution in [0.3, 0.4) is 0 Å². The van der Waals surface area contributed by atoms with Crippen LogP contribution in [0.25, 0.3) is 0 Å². The molecule has 0 bridgehead atoms. The average molecular weight is 588 g/mol. The van der Waals surface area contributed by atoms with E-state index in [-0.39, 0.29) is 19.0 Å². The standard InChI is InChI=1S/C25H29F4N4O6P/c1-15-11-18(13-19(12-15)25(27,28)29)16(2)39-23-22(17-5-7-20(26)8-6-17)32(9-10-38-23)14-21-30-24(34)33(31-21)40(35,36-3)37-4/h5-8,11-13,16,22-23H,9-10,14H2,1-4H3,(H,30,31,34)/t16-,22+,23-/m1/s1. The molecule has 0 unspecified atom stereocenters. The fourth-order valence-corrected chi connectivity index (χ4v) is 5.46. The van der Waals surface area contributed by atoms with E-state index in [1.165, 1.54) is 12.1 Å². The summed E-state index contributed by atoms with van der Waals surface area (Å²) in [6.45, 7) is 3.72. The number of rotatable bonds is 9. The molecule has 0 radical (unpaired) electrons. The number of halogens is 4. The van der Waals surface area contributed by atoms with Crippen LogP contribution in [0.5, 0.6) is 0 Å². The molecule has 10 nitrogen and oxygen atoms in total. The van der Waals surface area contributed by atoms with Crippen molar-refractivity contribution in [2.24, 2.45) is 0 Å². The first kappa shape index (κ1) is 30.1. The molecule has 2 heterocycles. The molecular formula is C25H29F4N4O6P. The van der Waals surface area contributed by atoms with Crippen LogP contribution in [-0.2, 0) is 35.8 Å². The Morgan fingerprint density at radius 3 is 2.48 bits per heavy atom. The molecule has 1 aliphatic rings. The first-order valence-corrected chi connectivity index (χ1v) is 13.7. The Bertz CT molecular complexity index is 1420. The summed E-state index contributed by atoms with van der Waals surface area (Å²) in [6, 6.07) is 8.65. The number of hydrogen-bond donors (Lipinski definition) is 1. The van der Waals surface area contributed by atoms with Gasteiger partial charge in [-0.2, -0.15) is 13.2 Å². The van der Waals surface area contributed by atoms with Gasteiger partial charge in [-0.15, -0.1) is 9.55 Å². The van der Waals surface area contributed by atoms with E-state index in [1.54, 1.807) is 32.0 Å². The molecule has 3 aromatic rings. The molecule has 1 aliphatic heterocycles. The normalized spacial score (nSPS) is 19.6. The monoisotopic (exact) mass is 588 g/mol. The molecule has 0 saturated carbocycles. The van der Waals surface area contributed by atoms with Crippen molar-refractivity contribution in [3.8, 4) is 0 Å². The SMILES string of the molecule is COP(=O)(OC)n1nc(CN2CCO[C@H](O[C@H](C)c3cc(C)cc(C(F)(F)F)c3)[C@@H]2c2ccc(F)cc2)[nH]c1=O. The minimum absolute atomic E-state index is 0.0258. The van der Waals surface area contributed by atoms with Crippen molar-refractivity contribution in [1.29, 1.82) is 0 Å². The van der Waals surface area contributed by atoms with E-state index in [0.717, 1.165) is 26.4 Å². The maximum atomic E-state index is 13.8. The minimum atomic E-state index is -4.52. The van der Waals surface area contributed by atoms with Gasteiger partial charge in [-0.1, -0.05) is 23.8 Å². The second-order valence-corrected chi connectivity index (χ2v) is 11.3. The van der Waals surface area contributed by atoms with Gasteiger partial charge in [0.2, 0.25) is 0 Å². The third-order valence-corrected chi connectivity index (χ3v) is 8.11. The Morgan fingerprint density at radius 2 is 1.85 bits per heavy atom. The van der Waals surface area contributed by atoms with Gasteiger partial charge in [0.05, 0.1) is 30.9 Å². The lowest BCUT2D eigenvalue weighted by atomic mass is 10.0. The molecule has 1 fully saturated rings. The quantitative estimate of drug-likeness (QED) is 0.276. The molecule has 0 aliphatic carbocycles. The first-order chi connectivity index (χ1) is 18.8. The van der Waals surface area contributed by atoms with Gasteiger partial charge >= 0.3 is 19.6 Å². The summed E-state index contributed by atoms with van der Waals surface area (Å²) in [5, 5.41) is 4.08. The summed E-state index contributed by atoms with van der Waals surface area (Å²) in [4.78, 5) is 16.8. The van der Waals surface area contributed by atoms with Crippen LogP contribution in [0.2, 0.25) is 0 Å². The van der Waals surface area contributed by atoms with Crippen LogP contribution in [0.15, 0.2) is 47.3 Å². The number of alkyl halides is 3. The summed E-state index contributed by atoms with van der Waals surface area (Å²) in [7, 11) is -1.76. The van der Waals surface area contributed by atoms with Crippen LogP contribution in [0.1, 0.15) is 47.1 Å². The highest BCUT2D eigenvalue weighted by Gasteiger charge is 2.38. The fourth-order valence-electron chi connectivity index (χ4n) is 4.52. The largest absolute Gasteiger partial charge is 0.459 e. The van der Waals surface area contributed by atoms with Gasteiger partial charge < -0.3 is 9.47 Å². The Balaban J connectivity index is 1.65. The van der Waals surface area contributed by atoms with E-state index < -0.39 is 49.4 Å². The Hall–Kier alpha value is -2.87. The molecule has 1 saturated heterocycles. The number of hydrogen-bond acceptors (Lipinski definition) is 8. The topological polar surface area (TPSA) is 108 Å². The lowest BCUT2D eigenvalue weighted by Gasteiger charge is -2.41. The number of aromatic nitrogens is 3. The zero-order valence-corrected chi connectivity index (χ0v) is 23.0. The maximum absolute atomic E-state index is 13.8. The summed E-state index contributed by atoms with van der Waals surface area (Å²) in [6.07, 6.45) is -6.31. The van der Waals surface area contributed by atoms with Crippen LogP contribution in [-0.4, -0.2) is 53.1 Å². The predicted octanol–water partition coefficient (Wildman–Crippen LogP) is 4.96. The van der Waals surface area contributed by atoms with Gasteiger partial charge in [0.25, 0.3) is 0 Å². The number of nitrogens with zero attached hydrogens (tertiary/aromatic N) is 3. The first-order valence-electron chi connectivity index (χ1n) is 12.2. The summed E-state index contributed by atoms with van der Waals surface area (Å²) < 4.78 is 89.1. The van der Waals surface area contributed by atoms with Gasteiger partial charge in [0, 0.05) is 20.8 Å². The van der Waals surface area contributed by atoms with E-state index >= 15 is 0 Å². The second kappa shape index (κ2) is 11.9. The van der Waals surface area contributed by atoms with Crippen LogP contribution in [0, 0.1) is 12.7 Å². The summed E-state index contributed by atoms with van der Waals surface area (Å²) >= 11 is 0. The third-order valence-electron chi connectivity index (χ3n) is 6.45. The van der Waals surface area contributed by atoms with Crippen molar-refractivity contribution in [1.82, 2.24) is 19.4 Å². The zero-order valence-electron chi connectivity index (χ0n) is 22.1. The van der Waals surface area contributed by atoms with Crippen molar-refractivity contribution in [3.05, 3.63) is 86.8 Å². The minimum Gasteiger partial charge on any atom is -0.349 e. The van der Waals surface area contributed by atoms with Crippen molar-refractivity contribution in [3.63, 3.8) is 0 Å². The number of benzene rings is 2. The molecule has 40 heavy (non-hydrogen) atoms. The molecule has 1 N–H and O–H groups in total. The molecular weight excluding hydrogens is 559 g/mol. The molecule has 218 valence electrons. The van der Waals surface area contributed by atoms with Crippen molar-refractivity contribution in [2.45, 2.75) is 45.0 Å². The molecule has 15 heteroatoms. The van der Waals surface area contributed by atoms with E-state index in [2.05, 4.69) is 10.1 Å².